The van der Waals surface area contributed by atoms with Crippen molar-refractivity contribution in [1.29, 1.82) is 0 Å². The Kier molecular flexibility index (Phi) is 3.05. The van der Waals surface area contributed by atoms with E-state index < -0.39 is 0 Å². The maximum absolute atomic E-state index is 6.40. The third kappa shape index (κ3) is 1.86. The fourth-order valence-electron chi connectivity index (χ4n) is 2.47. The molecule has 0 spiro atoms. The summed E-state index contributed by atoms with van der Waals surface area (Å²) >= 11 is 16.0. The fourth-order valence-corrected chi connectivity index (χ4v) is 3.56. The fraction of sp³-hybridized carbons (Fsp3) is 0.455. The summed E-state index contributed by atoms with van der Waals surface area (Å²) in [6.07, 6.45) is 6.42. The third-order valence-electron chi connectivity index (χ3n) is 3.30. The molecule has 0 N–H and O–H groups in total. The molecule has 0 radical (unpaired) electrons. The van der Waals surface area contributed by atoms with Gasteiger partial charge in [-0.1, -0.05) is 36.0 Å². The van der Waals surface area contributed by atoms with Crippen LogP contribution in [-0.2, 0) is 0 Å². The Morgan fingerprint density at radius 3 is 2.71 bits per heavy atom. The molecule has 0 bridgehead atoms. The number of hydrogen-bond donors (Lipinski definition) is 0. The highest BCUT2D eigenvalue weighted by atomic mass is 79.9. The molecule has 1 aliphatic rings. The van der Waals surface area contributed by atoms with Crippen molar-refractivity contribution < 1.29 is 0 Å². The largest absolute Gasteiger partial charge is 0.215 e. The first-order valence-corrected chi connectivity index (χ1v) is 7.11. The zero-order valence-corrected chi connectivity index (χ0v) is 12.1. The monoisotopic (exact) mass is 333 g/mol. The maximum atomic E-state index is 6.40. The maximum Gasteiger partial charge on any atom is 0.172 e. The molecular weight excluding hydrogens is 325 g/mol. The van der Waals surface area contributed by atoms with Crippen LogP contribution >= 0.6 is 39.1 Å². The molecule has 90 valence electrons. The van der Waals surface area contributed by atoms with Gasteiger partial charge in [0.2, 0.25) is 0 Å². The van der Waals surface area contributed by atoms with Crippen LogP contribution < -0.4 is 0 Å². The van der Waals surface area contributed by atoms with E-state index in [1.54, 1.807) is 10.7 Å². The van der Waals surface area contributed by atoms with Crippen molar-refractivity contribution in [1.82, 2.24) is 14.6 Å². The number of aromatic nitrogens is 3. The highest BCUT2D eigenvalue weighted by molar-refractivity contribution is 9.10. The van der Waals surface area contributed by atoms with Gasteiger partial charge in [-0.3, -0.25) is 0 Å². The standard InChI is InChI=1S/C11H10BrCl2N3/c12-7-5-15-17-10(14)8(6-3-1-2-4-6)9(13)16-11(7)17/h5-6H,1-4H2. The predicted octanol–water partition coefficient (Wildman–Crippen LogP) is 4.46. The van der Waals surface area contributed by atoms with Crippen LogP contribution in [-0.4, -0.2) is 14.6 Å². The summed E-state index contributed by atoms with van der Waals surface area (Å²) in [6, 6.07) is 0. The van der Waals surface area contributed by atoms with Crippen molar-refractivity contribution >= 4 is 44.8 Å². The zero-order chi connectivity index (χ0) is 12.0. The molecular formula is C11H10BrCl2N3. The summed E-state index contributed by atoms with van der Waals surface area (Å²) in [6.45, 7) is 0. The Hall–Kier alpha value is -0.320. The van der Waals surface area contributed by atoms with Gasteiger partial charge in [0.05, 0.1) is 10.7 Å². The van der Waals surface area contributed by atoms with Gasteiger partial charge in [-0.25, -0.2) is 9.50 Å². The molecule has 0 atom stereocenters. The van der Waals surface area contributed by atoms with Gasteiger partial charge in [0.25, 0.3) is 0 Å². The second-order valence-electron chi connectivity index (χ2n) is 4.32. The molecule has 0 saturated heterocycles. The van der Waals surface area contributed by atoms with Gasteiger partial charge in [0.15, 0.2) is 5.65 Å². The molecule has 3 nitrogen and oxygen atoms in total. The van der Waals surface area contributed by atoms with Crippen molar-refractivity contribution in [2.45, 2.75) is 31.6 Å². The Morgan fingerprint density at radius 2 is 2.00 bits per heavy atom. The van der Waals surface area contributed by atoms with Crippen LogP contribution in [0.25, 0.3) is 5.65 Å². The summed E-state index contributed by atoms with van der Waals surface area (Å²) in [4.78, 5) is 4.38. The number of rotatable bonds is 1. The molecule has 2 aromatic heterocycles. The quantitative estimate of drug-likeness (QED) is 0.721. The van der Waals surface area contributed by atoms with Crippen LogP contribution in [0.1, 0.15) is 37.2 Å². The first-order valence-electron chi connectivity index (χ1n) is 5.56. The molecule has 6 heteroatoms. The highest BCUT2D eigenvalue weighted by Gasteiger charge is 2.25. The number of halogens is 3. The van der Waals surface area contributed by atoms with Crippen molar-refractivity contribution in [3.63, 3.8) is 0 Å². The lowest BCUT2D eigenvalue weighted by Crippen LogP contribution is -2.03. The molecule has 0 aliphatic heterocycles. The molecule has 1 saturated carbocycles. The van der Waals surface area contributed by atoms with Crippen LogP contribution in [0.4, 0.5) is 0 Å². The molecule has 1 aliphatic carbocycles. The van der Waals surface area contributed by atoms with Gasteiger partial charge in [0, 0.05) is 5.56 Å². The highest BCUT2D eigenvalue weighted by Crippen LogP contribution is 2.41. The Balaban J connectivity index is 2.23. The zero-order valence-electron chi connectivity index (χ0n) is 8.96. The van der Waals surface area contributed by atoms with E-state index >= 15 is 0 Å². The lowest BCUT2D eigenvalue weighted by atomic mass is 10.0. The average molecular weight is 335 g/mol. The van der Waals surface area contributed by atoms with E-state index in [9.17, 15) is 0 Å². The Morgan fingerprint density at radius 1 is 1.29 bits per heavy atom. The second-order valence-corrected chi connectivity index (χ2v) is 5.89. The van der Waals surface area contributed by atoms with Gasteiger partial charge in [0.1, 0.15) is 10.3 Å². The number of fused-ring (bicyclic) bond motifs is 1. The molecule has 2 aromatic rings. The number of nitrogens with zero attached hydrogens (tertiary/aromatic N) is 3. The Labute approximate surface area is 117 Å². The molecule has 2 heterocycles. The van der Waals surface area contributed by atoms with Crippen molar-refractivity contribution in [2.75, 3.05) is 0 Å². The molecule has 17 heavy (non-hydrogen) atoms. The molecule has 0 aromatic carbocycles. The van der Waals surface area contributed by atoms with Gasteiger partial charge >= 0.3 is 0 Å². The van der Waals surface area contributed by atoms with E-state index in [1.807, 2.05) is 0 Å². The topological polar surface area (TPSA) is 30.2 Å². The van der Waals surface area contributed by atoms with E-state index in [0.29, 0.717) is 21.9 Å². The first kappa shape index (κ1) is 11.8. The number of hydrogen-bond acceptors (Lipinski definition) is 2. The van der Waals surface area contributed by atoms with Gasteiger partial charge < -0.3 is 0 Å². The van der Waals surface area contributed by atoms with E-state index in [2.05, 4.69) is 26.0 Å². The summed E-state index contributed by atoms with van der Waals surface area (Å²) in [5, 5.41) is 5.31. The minimum absolute atomic E-state index is 0.426. The SMILES string of the molecule is Clc1nc2c(Br)cnn2c(Cl)c1C1CCCC1. The molecule has 0 amide bonds. The summed E-state index contributed by atoms with van der Waals surface area (Å²) in [5.41, 5.74) is 1.62. The lowest BCUT2D eigenvalue weighted by molar-refractivity contribution is 0.708. The summed E-state index contributed by atoms with van der Waals surface area (Å²) in [5.74, 6) is 0.426. The molecule has 3 rings (SSSR count). The smallest absolute Gasteiger partial charge is 0.172 e. The van der Waals surface area contributed by atoms with Gasteiger partial charge in [-0.15, -0.1) is 0 Å². The second kappa shape index (κ2) is 4.41. The van der Waals surface area contributed by atoms with Crippen molar-refractivity contribution in [3.8, 4) is 0 Å². The van der Waals surface area contributed by atoms with Crippen molar-refractivity contribution in [2.24, 2.45) is 0 Å². The molecule has 1 fully saturated rings. The minimum atomic E-state index is 0.426. The van der Waals surface area contributed by atoms with Gasteiger partial charge in [-0.2, -0.15) is 5.10 Å². The third-order valence-corrected chi connectivity index (χ3v) is 4.51. The predicted molar refractivity (Wildman–Crippen MR) is 71.9 cm³/mol. The van der Waals surface area contributed by atoms with E-state index in [4.69, 9.17) is 23.2 Å². The van der Waals surface area contributed by atoms with Crippen molar-refractivity contribution in [3.05, 3.63) is 26.5 Å². The summed E-state index contributed by atoms with van der Waals surface area (Å²) in [7, 11) is 0. The van der Waals surface area contributed by atoms with Crippen LogP contribution in [0, 0.1) is 0 Å². The lowest BCUT2D eigenvalue weighted by Gasteiger charge is -2.13. The van der Waals surface area contributed by atoms with Crippen LogP contribution in [0.15, 0.2) is 10.7 Å². The Bertz CT molecular complexity index is 576. The van der Waals surface area contributed by atoms with E-state index in [-0.39, 0.29) is 0 Å². The van der Waals surface area contributed by atoms with Crippen LogP contribution in [0.3, 0.4) is 0 Å². The van der Waals surface area contributed by atoms with Crippen LogP contribution in [0.5, 0.6) is 0 Å². The van der Waals surface area contributed by atoms with Gasteiger partial charge in [-0.05, 0) is 34.7 Å². The van der Waals surface area contributed by atoms with E-state index in [0.717, 1.165) is 22.9 Å². The average Bonchev–Trinajstić information content (AvgIpc) is 2.90. The van der Waals surface area contributed by atoms with E-state index in [1.165, 1.54) is 12.8 Å². The van der Waals surface area contributed by atoms with Crippen LogP contribution in [0.2, 0.25) is 10.3 Å². The molecule has 0 unspecified atom stereocenters. The summed E-state index contributed by atoms with van der Waals surface area (Å²) < 4.78 is 2.45. The first-order chi connectivity index (χ1) is 8.18. The normalized spacial score (nSPS) is 17.1. The minimum Gasteiger partial charge on any atom is -0.215 e.